The van der Waals surface area contributed by atoms with E-state index < -0.39 is 16.7 Å². The van der Waals surface area contributed by atoms with Crippen LogP contribution in [0.4, 0.5) is 18.9 Å². The number of nitro groups is 1. The molecule has 0 radical (unpaired) electrons. The Morgan fingerprint density at radius 3 is 2.19 bits per heavy atom. The van der Waals surface area contributed by atoms with Crippen molar-refractivity contribution in [3.63, 3.8) is 0 Å². The van der Waals surface area contributed by atoms with Gasteiger partial charge < -0.3 is 4.74 Å². The molecule has 2 aromatic rings. The Balaban J connectivity index is 2.44. The molecule has 0 bridgehead atoms. The van der Waals surface area contributed by atoms with Crippen LogP contribution in [0, 0.1) is 10.1 Å². The van der Waals surface area contributed by atoms with E-state index in [0.717, 1.165) is 12.1 Å². The monoisotopic (exact) mass is 297 g/mol. The smallest absolute Gasteiger partial charge is 0.416 e. The second-order valence-corrected chi connectivity index (χ2v) is 4.22. The third-order valence-electron chi connectivity index (χ3n) is 2.92. The Labute approximate surface area is 117 Å². The fraction of sp³-hybridized carbons (Fsp3) is 0.143. The van der Waals surface area contributed by atoms with Gasteiger partial charge in [-0.3, -0.25) is 10.1 Å². The van der Waals surface area contributed by atoms with Crippen molar-refractivity contribution in [2.45, 2.75) is 6.18 Å². The van der Waals surface area contributed by atoms with Crippen LogP contribution in [0.1, 0.15) is 5.56 Å². The zero-order chi connectivity index (χ0) is 15.6. The summed E-state index contributed by atoms with van der Waals surface area (Å²) in [5.41, 5.74) is 0.0567. The van der Waals surface area contributed by atoms with Crippen LogP contribution in [0.15, 0.2) is 42.5 Å². The predicted octanol–water partition coefficient (Wildman–Crippen LogP) is 4.29. The van der Waals surface area contributed by atoms with Crippen LogP contribution >= 0.6 is 0 Å². The lowest BCUT2D eigenvalue weighted by Gasteiger charge is -2.10. The summed E-state index contributed by atoms with van der Waals surface area (Å²) in [5.74, 6) is 0.226. The molecule has 0 saturated heterocycles. The summed E-state index contributed by atoms with van der Waals surface area (Å²) in [6.07, 6.45) is -4.40. The van der Waals surface area contributed by atoms with Crippen molar-refractivity contribution in [3.8, 4) is 16.9 Å². The highest BCUT2D eigenvalue weighted by Gasteiger charge is 2.30. The molecule has 4 nitrogen and oxygen atoms in total. The molecule has 0 heterocycles. The van der Waals surface area contributed by atoms with Crippen molar-refractivity contribution < 1.29 is 22.8 Å². The summed E-state index contributed by atoms with van der Waals surface area (Å²) in [5, 5.41) is 10.7. The van der Waals surface area contributed by atoms with Crippen LogP contribution in [-0.4, -0.2) is 12.0 Å². The van der Waals surface area contributed by atoms with E-state index in [2.05, 4.69) is 0 Å². The second-order valence-electron chi connectivity index (χ2n) is 4.22. The highest BCUT2D eigenvalue weighted by Crippen LogP contribution is 2.35. The molecule has 2 rings (SSSR count). The number of ether oxygens (including phenoxy) is 1. The van der Waals surface area contributed by atoms with Gasteiger partial charge in [0.15, 0.2) is 0 Å². The zero-order valence-corrected chi connectivity index (χ0v) is 10.8. The standard InChI is InChI=1S/C14H10F3NO3/c1-21-13-8-11(18(19)20)6-7-12(13)9-2-4-10(5-3-9)14(15,16)17/h2-8H,1H3. The van der Waals surface area contributed by atoms with Crippen molar-refractivity contribution >= 4 is 5.69 Å². The number of hydrogen-bond donors (Lipinski definition) is 0. The molecule has 21 heavy (non-hydrogen) atoms. The number of rotatable bonds is 3. The lowest BCUT2D eigenvalue weighted by molar-refractivity contribution is -0.384. The molecule has 2 aromatic carbocycles. The SMILES string of the molecule is COc1cc([N+](=O)[O-])ccc1-c1ccc(C(F)(F)F)cc1. The lowest BCUT2D eigenvalue weighted by atomic mass is 10.0. The summed E-state index contributed by atoms with van der Waals surface area (Å²) in [7, 11) is 1.34. The quantitative estimate of drug-likeness (QED) is 0.627. The summed E-state index contributed by atoms with van der Waals surface area (Å²) in [6.45, 7) is 0. The molecule has 0 aliphatic heterocycles. The highest BCUT2D eigenvalue weighted by molar-refractivity contribution is 5.72. The molecule has 0 spiro atoms. The minimum absolute atomic E-state index is 0.150. The van der Waals surface area contributed by atoms with Crippen molar-refractivity contribution in [3.05, 3.63) is 58.1 Å². The normalized spacial score (nSPS) is 11.2. The average molecular weight is 297 g/mol. The van der Waals surface area contributed by atoms with Crippen LogP contribution in [0.3, 0.4) is 0 Å². The Morgan fingerprint density at radius 1 is 1.10 bits per heavy atom. The Morgan fingerprint density at radius 2 is 1.71 bits per heavy atom. The Bertz CT molecular complexity index is 666. The Hall–Kier alpha value is -2.57. The number of hydrogen-bond acceptors (Lipinski definition) is 3. The topological polar surface area (TPSA) is 52.4 Å². The molecule has 0 aliphatic rings. The van der Waals surface area contributed by atoms with E-state index in [4.69, 9.17) is 4.74 Å². The molecule has 0 aliphatic carbocycles. The van der Waals surface area contributed by atoms with Gasteiger partial charge >= 0.3 is 6.18 Å². The molecular formula is C14H10F3NO3. The van der Waals surface area contributed by atoms with Gasteiger partial charge in [-0.15, -0.1) is 0 Å². The maximum absolute atomic E-state index is 12.5. The van der Waals surface area contributed by atoms with Gasteiger partial charge in [0.25, 0.3) is 5.69 Å². The van der Waals surface area contributed by atoms with Crippen LogP contribution in [0.25, 0.3) is 11.1 Å². The van der Waals surface area contributed by atoms with Gasteiger partial charge in [0.2, 0.25) is 0 Å². The molecular weight excluding hydrogens is 287 g/mol. The second kappa shape index (κ2) is 5.43. The fourth-order valence-corrected chi connectivity index (χ4v) is 1.87. The van der Waals surface area contributed by atoms with Crippen molar-refractivity contribution in [1.82, 2.24) is 0 Å². The maximum atomic E-state index is 12.5. The predicted molar refractivity (Wildman–Crippen MR) is 70.1 cm³/mol. The van der Waals surface area contributed by atoms with Gasteiger partial charge in [0, 0.05) is 11.6 Å². The number of nitrogens with zero attached hydrogens (tertiary/aromatic N) is 1. The molecule has 0 fully saturated rings. The van der Waals surface area contributed by atoms with E-state index in [1.807, 2.05) is 0 Å². The first-order valence-electron chi connectivity index (χ1n) is 5.83. The van der Waals surface area contributed by atoms with E-state index in [1.54, 1.807) is 0 Å². The molecule has 110 valence electrons. The number of nitro benzene ring substituents is 1. The summed E-state index contributed by atoms with van der Waals surface area (Å²) >= 11 is 0. The Kier molecular flexibility index (Phi) is 3.84. The number of non-ortho nitro benzene ring substituents is 1. The van der Waals surface area contributed by atoms with Gasteiger partial charge in [-0.05, 0) is 23.8 Å². The first-order chi connectivity index (χ1) is 9.82. The molecule has 7 heteroatoms. The fourth-order valence-electron chi connectivity index (χ4n) is 1.87. The van der Waals surface area contributed by atoms with E-state index in [9.17, 15) is 23.3 Å². The van der Waals surface area contributed by atoms with Gasteiger partial charge in [-0.2, -0.15) is 13.2 Å². The molecule has 0 atom stereocenters. The zero-order valence-electron chi connectivity index (χ0n) is 10.8. The summed E-state index contributed by atoms with van der Waals surface area (Å²) in [6, 6.07) is 8.45. The van der Waals surface area contributed by atoms with E-state index >= 15 is 0 Å². The number of halogens is 3. The molecule has 0 saturated carbocycles. The van der Waals surface area contributed by atoms with E-state index in [0.29, 0.717) is 11.1 Å². The molecule has 0 N–H and O–H groups in total. The summed E-state index contributed by atoms with van der Waals surface area (Å²) in [4.78, 5) is 10.1. The molecule has 0 amide bonds. The molecule has 0 unspecified atom stereocenters. The van der Waals surface area contributed by atoms with Crippen molar-refractivity contribution in [1.29, 1.82) is 0 Å². The van der Waals surface area contributed by atoms with Gasteiger partial charge in [0.05, 0.1) is 23.7 Å². The van der Waals surface area contributed by atoms with E-state index in [1.165, 1.54) is 37.4 Å². The van der Waals surface area contributed by atoms with Crippen LogP contribution < -0.4 is 4.74 Å². The lowest BCUT2D eigenvalue weighted by Crippen LogP contribution is -2.04. The first kappa shape index (κ1) is 14.8. The van der Waals surface area contributed by atoms with Gasteiger partial charge in [-0.1, -0.05) is 12.1 Å². The largest absolute Gasteiger partial charge is 0.496 e. The first-order valence-corrected chi connectivity index (χ1v) is 5.83. The minimum atomic E-state index is -4.40. The molecule has 0 aromatic heterocycles. The van der Waals surface area contributed by atoms with Crippen molar-refractivity contribution in [2.24, 2.45) is 0 Å². The number of alkyl halides is 3. The maximum Gasteiger partial charge on any atom is 0.416 e. The third kappa shape index (κ3) is 3.13. The average Bonchev–Trinajstić information content (AvgIpc) is 2.45. The highest BCUT2D eigenvalue weighted by atomic mass is 19.4. The number of methoxy groups -OCH3 is 1. The van der Waals surface area contributed by atoms with Gasteiger partial charge in [-0.25, -0.2) is 0 Å². The van der Waals surface area contributed by atoms with E-state index in [-0.39, 0.29) is 11.4 Å². The number of benzene rings is 2. The van der Waals surface area contributed by atoms with Crippen LogP contribution in [-0.2, 0) is 6.18 Å². The van der Waals surface area contributed by atoms with Gasteiger partial charge in [0.1, 0.15) is 5.75 Å². The third-order valence-corrected chi connectivity index (χ3v) is 2.92. The van der Waals surface area contributed by atoms with Crippen LogP contribution in [0.5, 0.6) is 5.75 Å². The van der Waals surface area contributed by atoms with Crippen LogP contribution in [0.2, 0.25) is 0 Å². The van der Waals surface area contributed by atoms with Crippen molar-refractivity contribution in [2.75, 3.05) is 7.11 Å². The summed E-state index contributed by atoms with van der Waals surface area (Å²) < 4.78 is 42.6. The minimum Gasteiger partial charge on any atom is -0.496 e.